The molecule has 7 heteroatoms. The van der Waals surface area contributed by atoms with Crippen LogP contribution in [0.1, 0.15) is 18.4 Å². The second kappa shape index (κ2) is 7.13. The molecular formula is C15H17Cl2N3O2. The molecule has 0 aliphatic rings. The van der Waals surface area contributed by atoms with E-state index in [-0.39, 0.29) is 11.9 Å². The fourth-order valence-electron chi connectivity index (χ4n) is 1.92. The van der Waals surface area contributed by atoms with Crippen LogP contribution >= 0.6 is 23.2 Å². The van der Waals surface area contributed by atoms with Crippen LogP contribution in [0, 0.1) is 6.92 Å². The quantitative estimate of drug-likeness (QED) is 0.899. The lowest BCUT2D eigenvalue weighted by atomic mass is 10.2. The maximum absolute atomic E-state index is 12.3. The second-order valence-corrected chi connectivity index (χ2v) is 5.98. The van der Waals surface area contributed by atoms with Crippen molar-refractivity contribution in [2.45, 2.75) is 26.4 Å². The number of nitrogens with zero attached hydrogens (tertiary/aromatic N) is 2. The van der Waals surface area contributed by atoms with Gasteiger partial charge in [-0.15, -0.1) is 0 Å². The summed E-state index contributed by atoms with van der Waals surface area (Å²) in [5.74, 6) is 0.568. The summed E-state index contributed by atoms with van der Waals surface area (Å²) in [4.78, 5) is 14.2. The Morgan fingerprint density at radius 1 is 1.41 bits per heavy atom. The zero-order valence-electron chi connectivity index (χ0n) is 12.6. The lowest BCUT2D eigenvalue weighted by Gasteiger charge is -2.23. The number of amides is 1. The molecule has 0 bridgehead atoms. The van der Waals surface area contributed by atoms with Gasteiger partial charge in [-0.25, -0.2) is 0 Å². The molecule has 0 fully saturated rings. The van der Waals surface area contributed by atoms with E-state index in [2.05, 4.69) is 10.5 Å². The summed E-state index contributed by atoms with van der Waals surface area (Å²) in [5, 5.41) is 7.66. The van der Waals surface area contributed by atoms with Crippen molar-refractivity contribution in [3.05, 3.63) is 45.8 Å². The highest BCUT2D eigenvalue weighted by molar-refractivity contribution is 6.35. The predicted molar refractivity (Wildman–Crippen MR) is 87.3 cm³/mol. The van der Waals surface area contributed by atoms with E-state index in [0.29, 0.717) is 22.3 Å². The zero-order valence-corrected chi connectivity index (χ0v) is 14.1. The summed E-state index contributed by atoms with van der Waals surface area (Å²) in [7, 11) is 1.84. The van der Waals surface area contributed by atoms with Crippen molar-refractivity contribution in [2.24, 2.45) is 0 Å². The molecule has 0 spiro atoms. The number of likely N-dealkylation sites (N-methyl/N-ethyl adjacent to an activating group) is 1. The molecule has 118 valence electrons. The summed E-state index contributed by atoms with van der Waals surface area (Å²) < 4.78 is 5.02. The Kier molecular flexibility index (Phi) is 5.45. The van der Waals surface area contributed by atoms with E-state index >= 15 is 0 Å². The Morgan fingerprint density at radius 3 is 2.77 bits per heavy atom. The number of aryl methyl sites for hydroxylation is 1. The number of carbonyl (C=O) groups excluding carboxylic acids is 1. The fourth-order valence-corrected chi connectivity index (χ4v) is 2.25. The van der Waals surface area contributed by atoms with Gasteiger partial charge >= 0.3 is 0 Å². The number of carbonyl (C=O) groups is 1. The minimum Gasteiger partial charge on any atom is -0.361 e. The van der Waals surface area contributed by atoms with Gasteiger partial charge in [-0.05, 0) is 39.1 Å². The highest BCUT2D eigenvalue weighted by Gasteiger charge is 2.20. The molecule has 1 unspecified atom stereocenters. The Hall–Kier alpha value is -1.56. The van der Waals surface area contributed by atoms with E-state index in [9.17, 15) is 4.79 Å². The van der Waals surface area contributed by atoms with Crippen molar-refractivity contribution in [3.63, 3.8) is 0 Å². The molecule has 1 heterocycles. The first-order chi connectivity index (χ1) is 10.4. The van der Waals surface area contributed by atoms with E-state index in [1.807, 2.05) is 24.9 Å². The number of hydrogen-bond donors (Lipinski definition) is 1. The van der Waals surface area contributed by atoms with Crippen molar-refractivity contribution in [1.82, 2.24) is 10.1 Å². The van der Waals surface area contributed by atoms with Crippen LogP contribution in [0.3, 0.4) is 0 Å². The Morgan fingerprint density at radius 2 is 2.14 bits per heavy atom. The van der Waals surface area contributed by atoms with Gasteiger partial charge in [0.15, 0.2) is 0 Å². The maximum Gasteiger partial charge on any atom is 0.241 e. The Bertz CT molecular complexity index is 673. The van der Waals surface area contributed by atoms with Crippen LogP contribution in [0.2, 0.25) is 10.0 Å². The van der Waals surface area contributed by atoms with Crippen LogP contribution in [0.15, 0.2) is 28.8 Å². The molecule has 0 aliphatic carbocycles. The third-order valence-electron chi connectivity index (χ3n) is 3.32. The third kappa shape index (κ3) is 4.22. The minimum atomic E-state index is -0.368. The van der Waals surface area contributed by atoms with Gasteiger partial charge in [0.25, 0.3) is 0 Å². The van der Waals surface area contributed by atoms with Gasteiger partial charge < -0.3 is 9.84 Å². The van der Waals surface area contributed by atoms with Crippen LogP contribution in [0.5, 0.6) is 0 Å². The van der Waals surface area contributed by atoms with Crippen LogP contribution in [0.25, 0.3) is 0 Å². The minimum absolute atomic E-state index is 0.174. The van der Waals surface area contributed by atoms with Crippen LogP contribution in [-0.4, -0.2) is 29.1 Å². The molecule has 0 saturated carbocycles. The SMILES string of the molecule is Cc1cc(CN(C)C(C)C(=O)Nc2cc(Cl)ccc2Cl)no1. The molecule has 5 nitrogen and oxygen atoms in total. The van der Waals surface area contributed by atoms with Crippen molar-refractivity contribution >= 4 is 34.8 Å². The number of halogens is 2. The summed E-state index contributed by atoms with van der Waals surface area (Å²) in [6.07, 6.45) is 0. The van der Waals surface area contributed by atoms with E-state index in [1.165, 1.54) is 0 Å². The molecule has 1 aromatic heterocycles. The highest BCUT2D eigenvalue weighted by atomic mass is 35.5. The monoisotopic (exact) mass is 341 g/mol. The number of hydrogen-bond acceptors (Lipinski definition) is 4. The van der Waals surface area contributed by atoms with Gasteiger partial charge in [0.05, 0.1) is 22.4 Å². The lowest BCUT2D eigenvalue weighted by Crippen LogP contribution is -2.39. The van der Waals surface area contributed by atoms with Crippen molar-refractivity contribution < 1.29 is 9.32 Å². The molecule has 1 N–H and O–H groups in total. The molecule has 22 heavy (non-hydrogen) atoms. The summed E-state index contributed by atoms with van der Waals surface area (Å²) >= 11 is 12.0. The van der Waals surface area contributed by atoms with Crippen molar-refractivity contribution in [1.29, 1.82) is 0 Å². The second-order valence-electron chi connectivity index (χ2n) is 5.13. The van der Waals surface area contributed by atoms with E-state index < -0.39 is 0 Å². The molecule has 1 aromatic carbocycles. The molecule has 1 atom stereocenters. The zero-order chi connectivity index (χ0) is 16.3. The molecule has 2 aromatic rings. The average molecular weight is 342 g/mol. The first-order valence-electron chi connectivity index (χ1n) is 6.75. The normalized spacial score (nSPS) is 12.5. The molecule has 0 aliphatic heterocycles. The summed E-state index contributed by atoms with van der Waals surface area (Å²) in [6.45, 7) is 4.14. The topological polar surface area (TPSA) is 58.4 Å². The van der Waals surface area contributed by atoms with Gasteiger partial charge in [0.2, 0.25) is 5.91 Å². The smallest absolute Gasteiger partial charge is 0.241 e. The number of aromatic nitrogens is 1. The standard InChI is InChI=1S/C15H17Cl2N3O2/c1-9-6-12(19-22-9)8-20(3)10(2)15(21)18-14-7-11(16)4-5-13(14)17/h4-7,10H,8H2,1-3H3,(H,18,21). The van der Waals surface area contributed by atoms with Gasteiger partial charge in [0.1, 0.15) is 5.76 Å². The maximum atomic E-state index is 12.3. The lowest BCUT2D eigenvalue weighted by molar-refractivity contribution is -0.120. The van der Waals surface area contributed by atoms with Crippen LogP contribution in [-0.2, 0) is 11.3 Å². The van der Waals surface area contributed by atoms with Crippen LogP contribution < -0.4 is 5.32 Å². The third-order valence-corrected chi connectivity index (χ3v) is 3.88. The van der Waals surface area contributed by atoms with Crippen molar-refractivity contribution in [2.75, 3.05) is 12.4 Å². The van der Waals surface area contributed by atoms with E-state index in [0.717, 1.165) is 11.5 Å². The molecule has 2 rings (SSSR count). The number of rotatable bonds is 5. The van der Waals surface area contributed by atoms with Gasteiger partial charge in [-0.3, -0.25) is 9.69 Å². The summed E-state index contributed by atoms with van der Waals surface area (Å²) in [5.41, 5.74) is 1.28. The molecule has 1 amide bonds. The predicted octanol–water partition coefficient (Wildman–Crippen LogP) is 3.75. The fraction of sp³-hybridized carbons (Fsp3) is 0.333. The van der Waals surface area contributed by atoms with Gasteiger partial charge in [-0.1, -0.05) is 28.4 Å². The first-order valence-corrected chi connectivity index (χ1v) is 7.50. The molecule has 0 radical (unpaired) electrons. The first kappa shape index (κ1) is 16.8. The largest absolute Gasteiger partial charge is 0.361 e. The van der Waals surface area contributed by atoms with Gasteiger partial charge in [0, 0.05) is 17.6 Å². The average Bonchev–Trinajstić information content (AvgIpc) is 2.87. The van der Waals surface area contributed by atoms with E-state index in [4.69, 9.17) is 27.7 Å². The van der Waals surface area contributed by atoms with Crippen LogP contribution in [0.4, 0.5) is 5.69 Å². The number of nitrogens with one attached hydrogen (secondary N) is 1. The van der Waals surface area contributed by atoms with E-state index in [1.54, 1.807) is 25.1 Å². The molecule has 0 saturated heterocycles. The Balaban J connectivity index is 2.00. The number of anilines is 1. The van der Waals surface area contributed by atoms with Crippen molar-refractivity contribution in [3.8, 4) is 0 Å². The van der Waals surface area contributed by atoms with Gasteiger partial charge in [-0.2, -0.15) is 0 Å². The number of benzene rings is 1. The molecular weight excluding hydrogens is 325 g/mol. The Labute approximate surface area is 139 Å². The highest BCUT2D eigenvalue weighted by Crippen LogP contribution is 2.25. The summed E-state index contributed by atoms with van der Waals surface area (Å²) in [6, 6.07) is 6.41.